The van der Waals surface area contributed by atoms with Crippen LogP contribution in [0, 0.1) is 12.3 Å². The molecule has 0 heterocycles. The van der Waals surface area contributed by atoms with Gasteiger partial charge in [0.25, 0.3) is 0 Å². The van der Waals surface area contributed by atoms with Crippen LogP contribution in [0.2, 0.25) is 0 Å². The van der Waals surface area contributed by atoms with E-state index >= 15 is 0 Å². The number of phosphoric acid groups is 1. The van der Waals surface area contributed by atoms with Crippen molar-refractivity contribution >= 4 is 7.82 Å². The Hall–Kier alpha value is 1.46. The number of ether oxygens (including phenoxy) is 2. The second kappa shape index (κ2) is 15.3. The second-order valence-electron chi connectivity index (χ2n) is 5.16. The summed E-state index contributed by atoms with van der Waals surface area (Å²) in [5.74, 6) is -0.876. The van der Waals surface area contributed by atoms with Crippen molar-refractivity contribution in [3.63, 3.8) is 0 Å². The average molecular weight is 648 g/mol. The van der Waals surface area contributed by atoms with Gasteiger partial charge in [-0.05, 0) is 6.10 Å². The van der Waals surface area contributed by atoms with Gasteiger partial charge in [-0.15, -0.1) is 5.92 Å². The summed E-state index contributed by atoms with van der Waals surface area (Å²) in [7, 11) is -1.84. The van der Waals surface area contributed by atoms with Gasteiger partial charge in [0.2, 0.25) is 0 Å². The van der Waals surface area contributed by atoms with E-state index in [-0.39, 0.29) is 45.9 Å². The standard InChI is InChI=1S/C12H24O10P.O.W.Y/c1-19-5-8(20-2)6-21-23(17,18)22-12-9(14)3-7(4-13)10(15)11(12)16;;;/h3,7-16H,4-6H2,1-2H3,(H,17,18);;;/q-1;;;/t7-,8?,9+,10-,11+,12+;;;/m0.../s1. The van der Waals surface area contributed by atoms with E-state index in [0.29, 0.717) is 19.8 Å². The van der Waals surface area contributed by atoms with Gasteiger partial charge in [-0.2, -0.15) is 0 Å². The Morgan fingerprint density at radius 3 is 2.19 bits per heavy atom. The SMILES string of the molecule is COCC(COP(=O)(O)O[C@H]1[C@H](O)[C@@H](O)[C@H](CO)[CH-][C@H]1O)OC.[O]=[W].[Y]. The van der Waals surface area contributed by atoms with E-state index in [2.05, 4.69) is 0 Å². The topological polar surface area (TPSA) is 172 Å². The molecule has 5 N–H and O–H groups in total. The first-order valence-corrected chi connectivity index (χ1v) is 9.79. The predicted octanol–water partition coefficient (Wildman–Crippen LogP) is -2.06. The molecule has 14 heteroatoms. The molecule has 1 fully saturated rings. The Morgan fingerprint density at radius 1 is 1.15 bits per heavy atom. The molecular weight excluding hydrogens is 624 g/mol. The summed E-state index contributed by atoms with van der Waals surface area (Å²) in [5.41, 5.74) is 0. The quantitative estimate of drug-likeness (QED) is 0.138. The molecule has 1 saturated carbocycles. The molecule has 153 valence electrons. The molecule has 0 aromatic rings. The first-order valence-electron chi connectivity index (χ1n) is 7.10. The van der Waals surface area contributed by atoms with Crippen molar-refractivity contribution < 1.29 is 104 Å². The van der Waals surface area contributed by atoms with Gasteiger partial charge in [0.05, 0.1) is 25.4 Å². The Morgan fingerprint density at radius 2 is 1.73 bits per heavy atom. The van der Waals surface area contributed by atoms with Crippen LogP contribution >= 0.6 is 7.82 Å². The summed E-state index contributed by atoms with van der Waals surface area (Å²) in [6.07, 6.45) is -5.65. The average Bonchev–Trinajstić information content (AvgIpc) is 2.60. The van der Waals surface area contributed by atoms with E-state index in [1.165, 1.54) is 14.2 Å². The minimum Gasteiger partial charge on any atom is 0 e. The monoisotopic (exact) mass is 648 g/mol. The molecule has 11 nitrogen and oxygen atoms in total. The maximum absolute atomic E-state index is 11.9. The van der Waals surface area contributed by atoms with Gasteiger partial charge in [0, 0.05) is 53.5 Å². The van der Waals surface area contributed by atoms with Crippen LogP contribution < -0.4 is 0 Å². The van der Waals surface area contributed by atoms with Gasteiger partial charge in [0.15, 0.2) is 0 Å². The molecule has 0 spiro atoms. The summed E-state index contributed by atoms with van der Waals surface area (Å²) < 4.78 is 39.5. The van der Waals surface area contributed by atoms with Crippen molar-refractivity contribution in [3.8, 4) is 0 Å². The van der Waals surface area contributed by atoms with Crippen molar-refractivity contribution in [2.45, 2.75) is 30.5 Å². The number of aliphatic hydroxyl groups excluding tert-OH is 4. The second-order valence-corrected chi connectivity index (χ2v) is 6.56. The van der Waals surface area contributed by atoms with Crippen LogP contribution in [0.5, 0.6) is 0 Å². The van der Waals surface area contributed by atoms with E-state index in [1.807, 2.05) is 0 Å². The van der Waals surface area contributed by atoms with E-state index in [1.54, 1.807) is 0 Å². The molecule has 0 aliphatic heterocycles. The number of rotatable bonds is 9. The summed E-state index contributed by atoms with van der Waals surface area (Å²) in [5, 5.41) is 38.5. The molecule has 0 aromatic carbocycles. The summed E-state index contributed by atoms with van der Waals surface area (Å²) in [4.78, 5) is 9.67. The minimum atomic E-state index is -4.63. The number of methoxy groups -OCH3 is 2. The minimum absolute atomic E-state index is 0. The first-order chi connectivity index (χ1) is 11.8. The molecule has 1 aliphatic rings. The summed E-state index contributed by atoms with van der Waals surface area (Å²) in [6, 6.07) is 0. The van der Waals surface area contributed by atoms with Gasteiger partial charge in [-0.3, -0.25) is 15.5 Å². The number of aliphatic hydroxyl groups is 4. The number of phosphoric ester groups is 1. The third-order valence-corrected chi connectivity index (χ3v) is 4.47. The zero-order valence-electron chi connectivity index (χ0n) is 14.3. The fourth-order valence-corrected chi connectivity index (χ4v) is 3.12. The molecule has 2 unspecified atom stereocenters. The van der Waals surface area contributed by atoms with Crippen LogP contribution in [0.1, 0.15) is 0 Å². The van der Waals surface area contributed by atoms with Crippen LogP contribution in [0.4, 0.5) is 0 Å². The molecule has 26 heavy (non-hydrogen) atoms. The molecule has 1 radical (unpaired) electrons. The van der Waals surface area contributed by atoms with Crippen LogP contribution in [0.3, 0.4) is 0 Å². The molecule has 0 saturated heterocycles. The van der Waals surface area contributed by atoms with Crippen LogP contribution in [0.25, 0.3) is 0 Å². The summed E-state index contributed by atoms with van der Waals surface area (Å²) in [6.45, 7) is -0.694. The van der Waals surface area contributed by atoms with Gasteiger partial charge in [-0.1, -0.05) is 0 Å². The first kappa shape index (κ1) is 29.7. The molecule has 7 atom stereocenters. The van der Waals surface area contributed by atoms with E-state index in [4.69, 9.17) is 27.0 Å². The van der Waals surface area contributed by atoms with Crippen molar-refractivity contribution in [2.24, 2.45) is 5.92 Å². The van der Waals surface area contributed by atoms with Crippen LogP contribution in [-0.2, 0) is 79.0 Å². The summed E-state index contributed by atoms with van der Waals surface area (Å²) >= 11 is 0.333. The third-order valence-electron chi connectivity index (χ3n) is 3.48. The molecular formula is C12H24O11PWY-. The number of hydrogen-bond donors (Lipinski definition) is 5. The Labute approximate surface area is 188 Å². The third kappa shape index (κ3) is 9.78. The fraction of sp³-hybridized carbons (Fsp3) is 0.917. The fourth-order valence-electron chi connectivity index (χ4n) is 2.15. The van der Waals surface area contributed by atoms with Gasteiger partial charge in [0.1, 0.15) is 12.2 Å². The molecule has 0 amide bonds. The Balaban J connectivity index is 0. The smallest absolute Gasteiger partial charge is 0 e. The Bertz CT molecular complexity index is 421. The largest absolute Gasteiger partial charge is 0 e. The molecule has 1 rings (SSSR count). The van der Waals surface area contributed by atoms with Crippen molar-refractivity contribution in [1.29, 1.82) is 0 Å². The van der Waals surface area contributed by atoms with E-state index < -0.39 is 50.9 Å². The predicted molar refractivity (Wildman–Crippen MR) is 76.9 cm³/mol. The van der Waals surface area contributed by atoms with Gasteiger partial charge < -0.3 is 34.8 Å². The van der Waals surface area contributed by atoms with E-state index in [9.17, 15) is 24.8 Å². The zero-order chi connectivity index (χ0) is 19.6. The maximum Gasteiger partial charge on any atom is 0 e. The molecule has 0 bridgehead atoms. The number of hydrogen-bond acceptors (Lipinski definition) is 10. The van der Waals surface area contributed by atoms with Crippen molar-refractivity contribution in [2.75, 3.05) is 34.0 Å². The maximum atomic E-state index is 11.9. The Kier molecular flexibility index (Phi) is 17.5. The van der Waals surface area contributed by atoms with E-state index in [0.717, 1.165) is 6.42 Å². The molecule has 0 aromatic heterocycles. The zero-order valence-corrected chi connectivity index (χ0v) is 20.9. The van der Waals surface area contributed by atoms with Gasteiger partial charge >= 0.3 is 31.0 Å². The van der Waals surface area contributed by atoms with Crippen LogP contribution in [-0.4, -0.2) is 89.9 Å². The normalized spacial score (nSPS) is 31.7. The van der Waals surface area contributed by atoms with Crippen molar-refractivity contribution in [3.05, 3.63) is 6.42 Å². The van der Waals surface area contributed by atoms with Crippen LogP contribution in [0.15, 0.2) is 0 Å². The van der Waals surface area contributed by atoms with Gasteiger partial charge in [-0.25, -0.2) is 4.57 Å². The van der Waals surface area contributed by atoms with Crippen molar-refractivity contribution in [1.82, 2.24) is 0 Å². The molecule has 1 aliphatic carbocycles.